The zero-order chi connectivity index (χ0) is 15.1. The third kappa shape index (κ3) is 1.92. The molecule has 0 saturated carbocycles. The Bertz CT molecular complexity index is 870. The summed E-state index contributed by atoms with van der Waals surface area (Å²) in [5, 5.41) is 0. The van der Waals surface area contributed by atoms with Gasteiger partial charge in [0.05, 0.1) is 5.69 Å². The van der Waals surface area contributed by atoms with E-state index in [4.69, 9.17) is 0 Å². The van der Waals surface area contributed by atoms with E-state index in [2.05, 4.69) is 24.0 Å². The Balaban J connectivity index is 2.45. The summed E-state index contributed by atoms with van der Waals surface area (Å²) in [4.78, 5) is 16.1. The van der Waals surface area contributed by atoms with Crippen molar-refractivity contribution in [3.63, 3.8) is 0 Å². The van der Waals surface area contributed by atoms with Crippen LogP contribution in [0.2, 0.25) is 0 Å². The van der Waals surface area contributed by atoms with Gasteiger partial charge in [0.15, 0.2) is 0 Å². The summed E-state index contributed by atoms with van der Waals surface area (Å²) < 4.78 is 1.82. The molecule has 0 unspecified atom stereocenters. The number of H-pyrrole nitrogens is 1. The van der Waals surface area contributed by atoms with Gasteiger partial charge in [0.25, 0.3) is 5.56 Å². The molecule has 1 N–H and O–H groups in total. The third-order valence-electron chi connectivity index (χ3n) is 4.41. The van der Waals surface area contributed by atoms with Crippen molar-refractivity contribution in [3.05, 3.63) is 63.1 Å². The van der Waals surface area contributed by atoms with Crippen LogP contribution in [0.5, 0.6) is 0 Å². The average Bonchev–Trinajstić information content (AvgIpc) is 2.84. The fraction of sp³-hybridized carbons (Fsp3) is 0.278. The van der Waals surface area contributed by atoms with Crippen LogP contribution in [0.4, 0.5) is 0 Å². The molecule has 0 fully saturated rings. The van der Waals surface area contributed by atoms with Crippen molar-refractivity contribution >= 4 is 5.65 Å². The van der Waals surface area contributed by atoms with E-state index in [9.17, 15) is 4.79 Å². The van der Waals surface area contributed by atoms with Gasteiger partial charge in [-0.15, -0.1) is 0 Å². The molecule has 0 amide bonds. The van der Waals surface area contributed by atoms with Crippen LogP contribution < -0.4 is 5.56 Å². The second-order valence-corrected chi connectivity index (χ2v) is 5.52. The van der Waals surface area contributed by atoms with Gasteiger partial charge in [-0.2, -0.15) is 0 Å². The largest absolute Gasteiger partial charge is 0.339 e. The Hall–Kier alpha value is -2.29. The number of imidazole rings is 1. The maximum absolute atomic E-state index is 12.6. The fourth-order valence-electron chi connectivity index (χ4n) is 3.06. The first-order chi connectivity index (χ1) is 10.1. The maximum Gasteiger partial charge on any atom is 0.259 e. The van der Waals surface area contributed by atoms with E-state index < -0.39 is 0 Å². The molecule has 3 rings (SSSR count). The topological polar surface area (TPSA) is 37.3 Å². The van der Waals surface area contributed by atoms with E-state index in [1.165, 1.54) is 5.56 Å². The summed E-state index contributed by atoms with van der Waals surface area (Å²) in [7, 11) is 0. The number of nitrogens with one attached hydrogen (secondary N) is 1. The van der Waals surface area contributed by atoms with Crippen molar-refractivity contribution in [1.82, 2.24) is 9.38 Å². The zero-order valence-corrected chi connectivity index (χ0v) is 12.9. The second kappa shape index (κ2) is 4.92. The highest BCUT2D eigenvalue weighted by Gasteiger charge is 2.17. The number of fused-ring (bicyclic) bond motifs is 1. The zero-order valence-electron chi connectivity index (χ0n) is 12.9. The van der Waals surface area contributed by atoms with Crippen LogP contribution in [0.15, 0.2) is 35.1 Å². The molecule has 0 spiro atoms. The molecule has 0 bridgehead atoms. The summed E-state index contributed by atoms with van der Waals surface area (Å²) in [5.41, 5.74) is 7.27. The monoisotopic (exact) mass is 280 g/mol. The molecular weight excluding hydrogens is 260 g/mol. The van der Waals surface area contributed by atoms with Crippen molar-refractivity contribution in [2.45, 2.75) is 34.1 Å². The highest BCUT2D eigenvalue weighted by atomic mass is 16.1. The van der Waals surface area contributed by atoms with Crippen molar-refractivity contribution in [1.29, 1.82) is 0 Å². The number of rotatable bonds is 2. The van der Waals surface area contributed by atoms with Gasteiger partial charge < -0.3 is 4.98 Å². The van der Waals surface area contributed by atoms with Crippen LogP contribution in [0, 0.1) is 20.8 Å². The highest BCUT2D eigenvalue weighted by molar-refractivity contribution is 5.68. The molecular formula is C18H20N2O. The molecule has 0 aliphatic carbocycles. The Morgan fingerprint density at radius 3 is 2.33 bits per heavy atom. The van der Waals surface area contributed by atoms with Gasteiger partial charge >= 0.3 is 0 Å². The van der Waals surface area contributed by atoms with E-state index in [0.717, 1.165) is 40.1 Å². The van der Waals surface area contributed by atoms with E-state index in [1.807, 2.05) is 43.4 Å². The lowest BCUT2D eigenvalue weighted by Crippen LogP contribution is -2.19. The minimum atomic E-state index is 0.0793. The minimum absolute atomic E-state index is 0.0793. The van der Waals surface area contributed by atoms with E-state index in [1.54, 1.807) is 0 Å². The van der Waals surface area contributed by atoms with Crippen LogP contribution >= 0.6 is 0 Å². The van der Waals surface area contributed by atoms with Crippen LogP contribution in [-0.2, 0) is 6.42 Å². The Labute approximate surface area is 124 Å². The van der Waals surface area contributed by atoms with E-state index in [0.29, 0.717) is 0 Å². The number of nitrogens with zero attached hydrogens (tertiary/aromatic N) is 1. The maximum atomic E-state index is 12.6. The molecule has 2 aromatic heterocycles. The van der Waals surface area contributed by atoms with Gasteiger partial charge in [0, 0.05) is 11.3 Å². The Morgan fingerprint density at radius 1 is 1.05 bits per heavy atom. The lowest BCUT2D eigenvalue weighted by molar-refractivity contribution is 0.976. The molecule has 3 heteroatoms. The first-order valence-electron chi connectivity index (χ1n) is 7.35. The van der Waals surface area contributed by atoms with Crippen molar-refractivity contribution in [2.24, 2.45) is 0 Å². The minimum Gasteiger partial charge on any atom is -0.339 e. The lowest BCUT2D eigenvalue weighted by atomic mass is 10.0. The van der Waals surface area contributed by atoms with Crippen LogP contribution in [0.25, 0.3) is 16.9 Å². The SMILES string of the molecule is CCc1c(C)c(C)c(=O)n2c(C)c(-c3ccccc3)[nH]c12. The molecule has 108 valence electrons. The van der Waals surface area contributed by atoms with Crippen LogP contribution in [0.1, 0.15) is 29.3 Å². The number of pyridine rings is 1. The predicted molar refractivity (Wildman–Crippen MR) is 87.0 cm³/mol. The molecule has 3 nitrogen and oxygen atoms in total. The number of aromatic nitrogens is 2. The molecule has 0 aliphatic rings. The Morgan fingerprint density at radius 2 is 1.71 bits per heavy atom. The summed E-state index contributed by atoms with van der Waals surface area (Å²) in [6, 6.07) is 10.2. The van der Waals surface area contributed by atoms with Crippen molar-refractivity contribution in [2.75, 3.05) is 0 Å². The van der Waals surface area contributed by atoms with Gasteiger partial charge in [-0.05, 0) is 43.9 Å². The van der Waals surface area contributed by atoms with E-state index >= 15 is 0 Å². The molecule has 0 atom stereocenters. The second-order valence-electron chi connectivity index (χ2n) is 5.52. The van der Waals surface area contributed by atoms with Crippen molar-refractivity contribution in [3.8, 4) is 11.3 Å². The standard InChI is InChI=1S/C18H20N2O/c1-5-15-11(2)12(3)18(21)20-13(4)16(19-17(15)20)14-9-7-6-8-10-14/h6-10,19H,5H2,1-4H3. The first-order valence-corrected chi connectivity index (χ1v) is 7.35. The molecule has 21 heavy (non-hydrogen) atoms. The smallest absolute Gasteiger partial charge is 0.259 e. The highest BCUT2D eigenvalue weighted by Crippen LogP contribution is 2.26. The number of benzene rings is 1. The summed E-state index contributed by atoms with van der Waals surface area (Å²) in [6.45, 7) is 8.08. The van der Waals surface area contributed by atoms with E-state index in [-0.39, 0.29) is 5.56 Å². The lowest BCUT2D eigenvalue weighted by Gasteiger charge is -2.09. The number of aromatic amines is 1. The fourth-order valence-corrected chi connectivity index (χ4v) is 3.06. The molecule has 0 aliphatic heterocycles. The normalized spacial score (nSPS) is 11.2. The average molecular weight is 280 g/mol. The quantitative estimate of drug-likeness (QED) is 0.762. The van der Waals surface area contributed by atoms with Gasteiger partial charge in [0.2, 0.25) is 0 Å². The van der Waals surface area contributed by atoms with Crippen LogP contribution in [0.3, 0.4) is 0 Å². The van der Waals surface area contributed by atoms with Gasteiger partial charge in [0.1, 0.15) is 5.65 Å². The number of hydrogen-bond donors (Lipinski definition) is 1. The third-order valence-corrected chi connectivity index (χ3v) is 4.41. The molecule has 0 saturated heterocycles. The number of hydrogen-bond acceptors (Lipinski definition) is 1. The molecule has 1 aromatic carbocycles. The molecule has 0 radical (unpaired) electrons. The van der Waals surface area contributed by atoms with Crippen molar-refractivity contribution < 1.29 is 0 Å². The molecule has 3 aromatic rings. The Kier molecular flexibility index (Phi) is 3.20. The number of aryl methyl sites for hydroxylation is 2. The summed E-state index contributed by atoms with van der Waals surface area (Å²) in [6.07, 6.45) is 0.907. The summed E-state index contributed by atoms with van der Waals surface area (Å²) in [5.74, 6) is 0. The van der Waals surface area contributed by atoms with Gasteiger partial charge in [-0.25, -0.2) is 0 Å². The first kappa shape index (κ1) is 13.7. The van der Waals surface area contributed by atoms with Gasteiger partial charge in [-0.3, -0.25) is 9.20 Å². The predicted octanol–water partition coefficient (Wildman–Crippen LogP) is 3.78. The van der Waals surface area contributed by atoms with Gasteiger partial charge in [-0.1, -0.05) is 37.3 Å². The van der Waals surface area contributed by atoms with Crippen LogP contribution in [-0.4, -0.2) is 9.38 Å². The molecule has 2 heterocycles. The summed E-state index contributed by atoms with van der Waals surface area (Å²) >= 11 is 0.